The molecular weight excluding hydrogens is 282 g/mol. The van der Waals surface area contributed by atoms with E-state index in [-0.39, 0.29) is 5.91 Å². The van der Waals surface area contributed by atoms with Crippen LogP contribution < -0.4 is 14.9 Å². The highest BCUT2D eigenvalue weighted by atomic mass is 16.5. The van der Waals surface area contributed by atoms with Crippen molar-refractivity contribution in [2.75, 3.05) is 14.2 Å². The van der Waals surface area contributed by atoms with E-state index in [1.807, 2.05) is 6.07 Å². The molecule has 0 radical (unpaired) electrons. The van der Waals surface area contributed by atoms with E-state index in [0.717, 1.165) is 5.56 Å². The highest BCUT2D eigenvalue weighted by Crippen LogP contribution is 2.27. The number of amides is 1. The topological polar surface area (TPSA) is 72.8 Å². The average Bonchev–Trinajstić information content (AvgIpc) is 2.59. The molecule has 0 spiro atoms. The van der Waals surface area contributed by atoms with Crippen LogP contribution in [0.1, 0.15) is 23.0 Å². The molecule has 1 amide bonds. The first-order valence-electron chi connectivity index (χ1n) is 6.63. The van der Waals surface area contributed by atoms with Gasteiger partial charge in [-0.1, -0.05) is 6.07 Å². The summed E-state index contributed by atoms with van der Waals surface area (Å²) in [6.07, 6.45) is 1.56. The van der Waals surface area contributed by atoms with Crippen LogP contribution in [0.4, 0.5) is 0 Å². The second-order valence-electron chi connectivity index (χ2n) is 4.42. The molecule has 0 aliphatic heterocycles. The van der Waals surface area contributed by atoms with Gasteiger partial charge in [0.05, 0.1) is 19.9 Å². The Labute approximate surface area is 128 Å². The van der Waals surface area contributed by atoms with Crippen LogP contribution >= 0.6 is 0 Å². The lowest BCUT2D eigenvalue weighted by Crippen LogP contribution is -2.20. The maximum absolute atomic E-state index is 11.9. The molecule has 0 saturated carbocycles. The summed E-state index contributed by atoms with van der Waals surface area (Å²) in [4.78, 5) is 15.8. The SMILES string of the molecule is COc1ccc(C(C)=NNC(=O)c2ccccn2)cc1OC. The van der Waals surface area contributed by atoms with E-state index in [4.69, 9.17) is 9.47 Å². The van der Waals surface area contributed by atoms with E-state index in [1.54, 1.807) is 57.7 Å². The largest absolute Gasteiger partial charge is 0.493 e. The molecule has 1 aromatic heterocycles. The van der Waals surface area contributed by atoms with Crippen molar-refractivity contribution in [2.45, 2.75) is 6.92 Å². The number of carbonyl (C=O) groups excluding carboxylic acids is 1. The van der Waals surface area contributed by atoms with Gasteiger partial charge in [-0.15, -0.1) is 0 Å². The van der Waals surface area contributed by atoms with Gasteiger partial charge in [0.15, 0.2) is 11.5 Å². The molecule has 0 aliphatic carbocycles. The summed E-state index contributed by atoms with van der Waals surface area (Å²) in [7, 11) is 3.14. The second-order valence-corrected chi connectivity index (χ2v) is 4.42. The van der Waals surface area contributed by atoms with Gasteiger partial charge in [0.25, 0.3) is 5.91 Å². The monoisotopic (exact) mass is 299 g/mol. The van der Waals surface area contributed by atoms with Crippen molar-refractivity contribution in [3.05, 3.63) is 53.9 Å². The summed E-state index contributed by atoms with van der Waals surface area (Å²) in [5, 5.41) is 4.08. The normalized spacial score (nSPS) is 11.0. The summed E-state index contributed by atoms with van der Waals surface area (Å²) < 4.78 is 10.4. The summed E-state index contributed by atoms with van der Waals surface area (Å²) >= 11 is 0. The number of ether oxygens (including phenoxy) is 2. The Bertz CT molecular complexity index is 684. The lowest BCUT2D eigenvalue weighted by Gasteiger charge is -2.09. The molecule has 0 unspecified atom stereocenters. The minimum absolute atomic E-state index is 0.311. The van der Waals surface area contributed by atoms with Crippen LogP contribution in [0.5, 0.6) is 11.5 Å². The van der Waals surface area contributed by atoms with Crippen molar-refractivity contribution in [3.8, 4) is 11.5 Å². The molecule has 0 bridgehead atoms. The minimum Gasteiger partial charge on any atom is -0.493 e. The van der Waals surface area contributed by atoms with Crippen LogP contribution in [0.15, 0.2) is 47.7 Å². The van der Waals surface area contributed by atoms with Gasteiger partial charge in [-0.25, -0.2) is 5.43 Å². The molecular formula is C16H17N3O3. The second kappa shape index (κ2) is 7.21. The van der Waals surface area contributed by atoms with E-state index in [0.29, 0.717) is 22.9 Å². The molecule has 1 N–H and O–H groups in total. The first kappa shape index (κ1) is 15.5. The predicted molar refractivity (Wildman–Crippen MR) is 83.5 cm³/mol. The Morgan fingerprint density at radius 1 is 1.14 bits per heavy atom. The Hall–Kier alpha value is -2.89. The molecule has 6 nitrogen and oxygen atoms in total. The van der Waals surface area contributed by atoms with E-state index >= 15 is 0 Å². The van der Waals surface area contributed by atoms with Crippen molar-refractivity contribution in [3.63, 3.8) is 0 Å². The number of hydrazone groups is 1. The molecule has 22 heavy (non-hydrogen) atoms. The maximum Gasteiger partial charge on any atom is 0.289 e. The van der Waals surface area contributed by atoms with Gasteiger partial charge in [-0.05, 0) is 37.3 Å². The number of nitrogens with zero attached hydrogens (tertiary/aromatic N) is 2. The van der Waals surface area contributed by atoms with Crippen LogP contribution in [0.2, 0.25) is 0 Å². The number of aromatic nitrogens is 1. The maximum atomic E-state index is 11.9. The van der Waals surface area contributed by atoms with E-state index in [9.17, 15) is 4.79 Å². The third-order valence-corrected chi connectivity index (χ3v) is 3.02. The Balaban J connectivity index is 2.14. The molecule has 2 aromatic rings. The Kier molecular flexibility index (Phi) is 5.08. The standard InChI is InChI=1S/C16H17N3O3/c1-11(12-7-8-14(21-2)15(10-12)22-3)18-19-16(20)13-6-4-5-9-17-13/h4-10H,1-3H3,(H,19,20). The van der Waals surface area contributed by atoms with Crippen molar-refractivity contribution < 1.29 is 14.3 Å². The first-order chi connectivity index (χ1) is 10.7. The van der Waals surface area contributed by atoms with Gasteiger partial charge in [0.1, 0.15) is 5.69 Å². The molecule has 0 aliphatic rings. The summed E-state index contributed by atoms with van der Waals surface area (Å²) in [6.45, 7) is 1.79. The van der Waals surface area contributed by atoms with Crippen LogP contribution in [0, 0.1) is 0 Å². The molecule has 6 heteroatoms. The van der Waals surface area contributed by atoms with Gasteiger partial charge in [-0.2, -0.15) is 5.10 Å². The van der Waals surface area contributed by atoms with Crippen molar-refractivity contribution in [2.24, 2.45) is 5.10 Å². The zero-order valence-corrected chi connectivity index (χ0v) is 12.7. The van der Waals surface area contributed by atoms with Crippen LogP contribution in [-0.2, 0) is 0 Å². The van der Waals surface area contributed by atoms with E-state index in [2.05, 4.69) is 15.5 Å². The lowest BCUT2D eigenvalue weighted by atomic mass is 10.1. The average molecular weight is 299 g/mol. The fourth-order valence-electron chi connectivity index (χ4n) is 1.81. The van der Waals surface area contributed by atoms with Gasteiger partial charge < -0.3 is 9.47 Å². The number of rotatable bonds is 5. The molecule has 0 atom stereocenters. The van der Waals surface area contributed by atoms with Gasteiger partial charge in [0.2, 0.25) is 0 Å². The quantitative estimate of drug-likeness (QED) is 0.679. The number of methoxy groups -OCH3 is 2. The number of hydrogen-bond acceptors (Lipinski definition) is 5. The van der Waals surface area contributed by atoms with E-state index < -0.39 is 0 Å². The number of pyridine rings is 1. The number of benzene rings is 1. The molecule has 1 heterocycles. The Morgan fingerprint density at radius 2 is 1.91 bits per heavy atom. The zero-order chi connectivity index (χ0) is 15.9. The fourth-order valence-corrected chi connectivity index (χ4v) is 1.81. The number of nitrogens with one attached hydrogen (secondary N) is 1. The van der Waals surface area contributed by atoms with Crippen LogP contribution in [0.3, 0.4) is 0 Å². The van der Waals surface area contributed by atoms with Crippen LogP contribution in [0.25, 0.3) is 0 Å². The lowest BCUT2D eigenvalue weighted by molar-refractivity contribution is 0.0950. The highest BCUT2D eigenvalue weighted by molar-refractivity contribution is 6.00. The third kappa shape index (κ3) is 3.60. The predicted octanol–water partition coefficient (Wildman–Crippen LogP) is 2.25. The number of carbonyl (C=O) groups is 1. The molecule has 1 aromatic carbocycles. The van der Waals surface area contributed by atoms with Crippen molar-refractivity contribution in [1.82, 2.24) is 10.4 Å². The molecule has 114 valence electrons. The highest BCUT2D eigenvalue weighted by Gasteiger charge is 2.08. The Morgan fingerprint density at radius 3 is 2.55 bits per heavy atom. The van der Waals surface area contributed by atoms with E-state index in [1.165, 1.54) is 0 Å². The summed E-state index contributed by atoms with van der Waals surface area (Å²) in [5.41, 5.74) is 4.25. The van der Waals surface area contributed by atoms with Crippen molar-refractivity contribution in [1.29, 1.82) is 0 Å². The molecule has 0 fully saturated rings. The fraction of sp³-hybridized carbons (Fsp3) is 0.188. The molecule has 2 rings (SSSR count). The molecule has 0 saturated heterocycles. The van der Waals surface area contributed by atoms with Gasteiger partial charge in [0, 0.05) is 11.8 Å². The summed E-state index contributed by atoms with van der Waals surface area (Å²) in [6, 6.07) is 10.5. The third-order valence-electron chi connectivity index (χ3n) is 3.02. The van der Waals surface area contributed by atoms with Gasteiger partial charge >= 0.3 is 0 Å². The first-order valence-corrected chi connectivity index (χ1v) is 6.63. The minimum atomic E-state index is -0.361. The number of hydrogen-bond donors (Lipinski definition) is 1. The smallest absolute Gasteiger partial charge is 0.289 e. The zero-order valence-electron chi connectivity index (χ0n) is 12.7. The van der Waals surface area contributed by atoms with Gasteiger partial charge in [-0.3, -0.25) is 9.78 Å². The summed E-state index contributed by atoms with van der Waals surface area (Å²) in [5.74, 6) is 0.877. The van der Waals surface area contributed by atoms with Crippen molar-refractivity contribution >= 4 is 11.6 Å². The van der Waals surface area contributed by atoms with Crippen LogP contribution in [-0.4, -0.2) is 30.8 Å².